The number of hydrazine groups is 1. The molecule has 5 nitrogen and oxygen atoms in total. The summed E-state index contributed by atoms with van der Waals surface area (Å²) in [5, 5.41) is 0. The predicted octanol–water partition coefficient (Wildman–Crippen LogP) is 1.72. The van der Waals surface area contributed by atoms with E-state index in [1.54, 1.807) is 0 Å². The standard InChI is InChI=1S/C18H27N3O2/c1-13-6-3-4-9-16(13)23-11-10-21(2)18(22)15-8-5-7-14-12-19-20-17(14)15/h3-4,6,9,14-15,17,19-20H,5,7-8,10-12H2,1-2H3. The minimum atomic E-state index is 0.0900. The second-order valence-corrected chi connectivity index (χ2v) is 6.72. The summed E-state index contributed by atoms with van der Waals surface area (Å²) in [6.45, 7) is 4.16. The van der Waals surface area contributed by atoms with Crippen molar-refractivity contribution in [2.24, 2.45) is 11.8 Å². The van der Waals surface area contributed by atoms with Crippen LogP contribution in [0.2, 0.25) is 0 Å². The van der Waals surface area contributed by atoms with E-state index in [0.29, 0.717) is 19.1 Å². The highest BCUT2D eigenvalue weighted by Gasteiger charge is 2.40. The Bertz CT molecular complexity index is 549. The lowest BCUT2D eigenvalue weighted by atomic mass is 9.77. The Kier molecular flexibility index (Phi) is 5.18. The van der Waals surface area contributed by atoms with E-state index in [-0.39, 0.29) is 17.9 Å². The summed E-state index contributed by atoms with van der Waals surface area (Å²) in [5.41, 5.74) is 7.64. The van der Waals surface area contributed by atoms with Gasteiger partial charge in [0.2, 0.25) is 5.91 Å². The van der Waals surface area contributed by atoms with Crippen molar-refractivity contribution in [3.8, 4) is 5.75 Å². The van der Waals surface area contributed by atoms with E-state index in [4.69, 9.17) is 4.74 Å². The van der Waals surface area contributed by atoms with Gasteiger partial charge in [-0.2, -0.15) is 0 Å². The quantitative estimate of drug-likeness (QED) is 0.868. The van der Waals surface area contributed by atoms with Gasteiger partial charge in [0.05, 0.1) is 12.5 Å². The van der Waals surface area contributed by atoms with Crippen molar-refractivity contribution in [1.82, 2.24) is 15.8 Å². The normalized spacial score (nSPS) is 26.6. The number of carbonyl (C=O) groups excluding carboxylic acids is 1. The Labute approximate surface area is 138 Å². The summed E-state index contributed by atoms with van der Waals surface area (Å²) in [6, 6.07) is 8.26. The number of hydrogen-bond donors (Lipinski definition) is 2. The number of fused-ring (bicyclic) bond motifs is 1. The zero-order valence-electron chi connectivity index (χ0n) is 14.0. The van der Waals surface area contributed by atoms with Crippen LogP contribution in [-0.2, 0) is 4.79 Å². The Morgan fingerprint density at radius 1 is 1.35 bits per heavy atom. The highest BCUT2D eigenvalue weighted by Crippen LogP contribution is 2.32. The van der Waals surface area contributed by atoms with Gasteiger partial charge in [0.25, 0.3) is 0 Å². The predicted molar refractivity (Wildman–Crippen MR) is 90.1 cm³/mol. The maximum absolute atomic E-state index is 12.8. The molecule has 0 radical (unpaired) electrons. The molecular weight excluding hydrogens is 290 g/mol. The summed E-state index contributed by atoms with van der Waals surface area (Å²) in [5.74, 6) is 1.82. The van der Waals surface area contributed by atoms with Crippen molar-refractivity contribution < 1.29 is 9.53 Å². The smallest absolute Gasteiger partial charge is 0.227 e. The Morgan fingerprint density at radius 2 is 2.17 bits per heavy atom. The number of hydrogen-bond acceptors (Lipinski definition) is 4. The van der Waals surface area contributed by atoms with Gasteiger partial charge in [-0.15, -0.1) is 0 Å². The van der Waals surface area contributed by atoms with Crippen molar-refractivity contribution in [2.45, 2.75) is 32.2 Å². The summed E-state index contributed by atoms with van der Waals surface area (Å²) >= 11 is 0. The molecule has 1 aromatic carbocycles. The summed E-state index contributed by atoms with van der Waals surface area (Å²) in [6.07, 6.45) is 3.35. The van der Waals surface area contributed by atoms with Crippen LogP contribution in [0.3, 0.4) is 0 Å². The molecule has 1 aliphatic carbocycles. The Morgan fingerprint density at radius 3 is 3.00 bits per heavy atom. The molecule has 2 aliphatic rings. The second kappa shape index (κ2) is 7.32. The first-order chi connectivity index (χ1) is 11.2. The maximum atomic E-state index is 12.8. The van der Waals surface area contributed by atoms with Gasteiger partial charge in [0.15, 0.2) is 0 Å². The molecule has 3 atom stereocenters. The fourth-order valence-electron chi connectivity index (χ4n) is 3.72. The average Bonchev–Trinajstić information content (AvgIpc) is 3.04. The third-order valence-corrected chi connectivity index (χ3v) is 5.14. The molecule has 23 heavy (non-hydrogen) atoms. The van der Waals surface area contributed by atoms with Gasteiger partial charge in [-0.25, -0.2) is 0 Å². The molecule has 1 heterocycles. The molecule has 2 fully saturated rings. The molecule has 126 valence electrons. The van der Waals surface area contributed by atoms with E-state index in [1.165, 1.54) is 6.42 Å². The van der Waals surface area contributed by atoms with Crippen LogP contribution in [-0.4, -0.2) is 43.6 Å². The van der Waals surface area contributed by atoms with Crippen LogP contribution in [0.15, 0.2) is 24.3 Å². The van der Waals surface area contributed by atoms with E-state index in [9.17, 15) is 4.79 Å². The van der Waals surface area contributed by atoms with Gasteiger partial charge in [0, 0.05) is 19.6 Å². The molecule has 1 amide bonds. The van der Waals surface area contributed by atoms with Crippen molar-refractivity contribution in [3.05, 3.63) is 29.8 Å². The first-order valence-corrected chi connectivity index (χ1v) is 8.58. The van der Waals surface area contributed by atoms with Crippen LogP contribution >= 0.6 is 0 Å². The lowest BCUT2D eigenvalue weighted by molar-refractivity contribution is -0.136. The van der Waals surface area contributed by atoms with Crippen LogP contribution in [0.4, 0.5) is 0 Å². The minimum absolute atomic E-state index is 0.0900. The molecular formula is C18H27N3O2. The first-order valence-electron chi connectivity index (χ1n) is 8.58. The number of amides is 1. The number of nitrogens with zero attached hydrogens (tertiary/aromatic N) is 1. The summed E-state index contributed by atoms with van der Waals surface area (Å²) in [4.78, 5) is 14.6. The molecule has 0 spiro atoms. The average molecular weight is 317 g/mol. The van der Waals surface area contributed by atoms with E-state index in [1.807, 2.05) is 43.1 Å². The molecule has 0 aromatic heterocycles. The lowest BCUT2D eigenvalue weighted by Gasteiger charge is -2.34. The molecule has 0 bridgehead atoms. The van der Waals surface area contributed by atoms with Crippen LogP contribution in [0.25, 0.3) is 0 Å². The summed E-state index contributed by atoms with van der Waals surface area (Å²) < 4.78 is 5.81. The summed E-state index contributed by atoms with van der Waals surface area (Å²) in [7, 11) is 1.88. The van der Waals surface area contributed by atoms with Crippen molar-refractivity contribution in [3.63, 3.8) is 0 Å². The number of benzene rings is 1. The van der Waals surface area contributed by atoms with E-state index in [0.717, 1.165) is 30.7 Å². The maximum Gasteiger partial charge on any atom is 0.227 e. The number of aryl methyl sites for hydroxylation is 1. The number of carbonyl (C=O) groups is 1. The topological polar surface area (TPSA) is 53.6 Å². The zero-order valence-corrected chi connectivity index (χ0v) is 14.0. The molecule has 1 saturated heterocycles. The Balaban J connectivity index is 1.50. The van der Waals surface area contributed by atoms with Gasteiger partial charge in [-0.1, -0.05) is 24.6 Å². The van der Waals surface area contributed by atoms with Gasteiger partial charge < -0.3 is 9.64 Å². The third kappa shape index (κ3) is 3.67. The zero-order chi connectivity index (χ0) is 16.2. The number of para-hydroxylation sites is 1. The van der Waals surface area contributed by atoms with Gasteiger partial charge in [-0.05, 0) is 37.3 Å². The fourth-order valence-corrected chi connectivity index (χ4v) is 3.72. The lowest BCUT2D eigenvalue weighted by Crippen LogP contribution is -2.48. The van der Waals surface area contributed by atoms with Crippen molar-refractivity contribution in [2.75, 3.05) is 26.7 Å². The molecule has 1 saturated carbocycles. The molecule has 1 aliphatic heterocycles. The van der Waals surface area contributed by atoms with Crippen LogP contribution < -0.4 is 15.6 Å². The Hall–Kier alpha value is -1.59. The number of nitrogens with one attached hydrogen (secondary N) is 2. The third-order valence-electron chi connectivity index (χ3n) is 5.14. The number of ether oxygens (including phenoxy) is 1. The van der Waals surface area contributed by atoms with Crippen LogP contribution in [0, 0.1) is 18.8 Å². The monoisotopic (exact) mass is 317 g/mol. The highest BCUT2D eigenvalue weighted by molar-refractivity contribution is 5.79. The highest BCUT2D eigenvalue weighted by atomic mass is 16.5. The molecule has 5 heteroatoms. The van der Waals surface area contributed by atoms with E-state index in [2.05, 4.69) is 10.9 Å². The van der Waals surface area contributed by atoms with Gasteiger partial charge in [-0.3, -0.25) is 15.6 Å². The van der Waals surface area contributed by atoms with Crippen molar-refractivity contribution in [1.29, 1.82) is 0 Å². The van der Waals surface area contributed by atoms with Crippen LogP contribution in [0.1, 0.15) is 24.8 Å². The largest absolute Gasteiger partial charge is 0.491 e. The molecule has 2 N–H and O–H groups in total. The molecule has 3 unspecified atom stereocenters. The number of likely N-dealkylation sites (N-methyl/N-ethyl adjacent to an activating group) is 1. The molecule has 1 aromatic rings. The van der Waals surface area contributed by atoms with Gasteiger partial charge in [0.1, 0.15) is 12.4 Å². The molecule has 3 rings (SSSR count). The van der Waals surface area contributed by atoms with E-state index < -0.39 is 0 Å². The van der Waals surface area contributed by atoms with E-state index >= 15 is 0 Å². The first kappa shape index (κ1) is 16.3. The van der Waals surface area contributed by atoms with Crippen LogP contribution in [0.5, 0.6) is 5.75 Å². The van der Waals surface area contributed by atoms with Gasteiger partial charge >= 0.3 is 0 Å². The SMILES string of the molecule is Cc1ccccc1OCCN(C)C(=O)C1CCCC2CNNC21. The second-order valence-electron chi connectivity index (χ2n) is 6.72. The van der Waals surface area contributed by atoms with Crippen molar-refractivity contribution >= 4 is 5.91 Å². The number of rotatable bonds is 5. The minimum Gasteiger partial charge on any atom is -0.491 e. The fraction of sp³-hybridized carbons (Fsp3) is 0.611.